The Labute approximate surface area is 192 Å². The predicted molar refractivity (Wildman–Crippen MR) is 126 cm³/mol. The lowest BCUT2D eigenvalue weighted by molar-refractivity contribution is -0.118. The molecule has 1 N–H and O–H groups in total. The molecule has 2 atom stereocenters. The first-order valence-electron chi connectivity index (χ1n) is 10.5. The Morgan fingerprint density at radius 1 is 1.16 bits per heavy atom. The molecule has 0 bridgehead atoms. The molecule has 3 aromatic rings. The fraction of sp³-hybridized carbons (Fsp3) is 0.308. The highest BCUT2D eigenvalue weighted by atomic mass is 35.5. The number of ether oxygens (including phenoxy) is 1. The Bertz CT molecular complexity index is 1250. The maximum absolute atomic E-state index is 13.3. The van der Waals surface area contributed by atoms with Crippen molar-refractivity contribution in [2.45, 2.75) is 27.7 Å². The minimum absolute atomic E-state index is 0.0815. The number of allylic oxidation sites excluding steroid dienone is 2. The number of carbonyl (C=O) groups is 2. The number of para-hydroxylation sites is 1. The van der Waals surface area contributed by atoms with Gasteiger partial charge in [-0.05, 0) is 55.5 Å². The zero-order valence-electron chi connectivity index (χ0n) is 18.8. The number of ketones is 1. The van der Waals surface area contributed by atoms with E-state index in [4.69, 9.17) is 20.8 Å². The van der Waals surface area contributed by atoms with Gasteiger partial charge in [0, 0.05) is 10.9 Å². The van der Waals surface area contributed by atoms with Crippen LogP contribution >= 0.6 is 11.6 Å². The number of anilines is 1. The molecular weight excluding hydrogens is 426 g/mol. The molecule has 2 aromatic carbocycles. The summed E-state index contributed by atoms with van der Waals surface area (Å²) in [7, 11) is 1.51. The van der Waals surface area contributed by atoms with Gasteiger partial charge < -0.3 is 14.5 Å². The third kappa shape index (κ3) is 3.82. The van der Waals surface area contributed by atoms with Crippen LogP contribution < -0.4 is 10.1 Å². The van der Waals surface area contributed by atoms with Crippen molar-refractivity contribution in [1.82, 2.24) is 0 Å². The average Bonchev–Trinajstić information content (AvgIpc) is 3.10. The third-order valence-corrected chi connectivity index (χ3v) is 6.47. The Morgan fingerprint density at radius 2 is 1.88 bits per heavy atom. The second kappa shape index (κ2) is 8.14. The molecule has 5 nitrogen and oxygen atoms in total. The number of amides is 1. The fourth-order valence-electron chi connectivity index (χ4n) is 4.32. The molecule has 0 aliphatic heterocycles. The molecule has 2 unspecified atom stereocenters. The van der Waals surface area contributed by atoms with Crippen LogP contribution in [0, 0.1) is 17.3 Å². The molecule has 0 saturated heterocycles. The van der Waals surface area contributed by atoms with E-state index in [0.29, 0.717) is 33.0 Å². The second-order valence-electron chi connectivity index (χ2n) is 9.04. The first-order valence-corrected chi connectivity index (χ1v) is 10.9. The van der Waals surface area contributed by atoms with Gasteiger partial charge in [-0.25, -0.2) is 0 Å². The zero-order valence-corrected chi connectivity index (χ0v) is 19.5. The van der Waals surface area contributed by atoms with Gasteiger partial charge in [0.1, 0.15) is 11.3 Å². The molecule has 1 fully saturated rings. The van der Waals surface area contributed by atoms with Gasteiger partial charge in [-0.15, -0.1) is 0 Å². The topological polar surface area (TPSA) is 68.5 Å². The second-order valence-corrected chi connectivity index (χ2v) is 9.45. The summed E-state index contributed by atoms with van der Waals surface area (Å²) in [5.41, 5.74) is 2.30. The summed E-state index contributed by atoms with van der Waals surface area (Å²) in [6.07, 6.45) is 2.14. The van der Waals surface area contributed by atoms with E-state index in [2.05, 4.69) is 25.2 Å². The van der Waals surface area contributed by atoms with Gasteiger partial charge in [0.25, 0.3) is 0 Å². The first kappa shape index (κ1) is 22.2. The van der Waals surface area contributed by atoms with E-state index in [1.54, 1.807) is 18.2 Å². The van der Waals surface area contributed by atoms with Crippen LogP contribution in [0.1, 0.15) is 43.8 Å². The molecule has 1 aliphatic carbocycles. The first-order chi connectivity index (χ1) is 15.1. The van der Waals surface area contributed by atoms with Crippen LogP contribution in [-0.4, -0.2) is 18.8 Å². The number of benzene rings is 2. The number of carbonyl (C=O) groups excluding carboxylic acids is 2. The van der Waals surface area contributed by atoms with E-state index in [0.717, 1.165) is 0 Å². The van der Waals surface area contributed by atoms with Gasteiger partial charge in [-0.2, -0.15) is 0 Å². The summed E-state index contributed by atoms with van der Waals surface area (Å²) in [5.74, 6) is 0.0538. The van der Waals surface area contributed by atoms with Gasteiger partial charge in [0.15, 0.2) is 5.76 Å². The smallest absolute Gasteiger partial charge is 0.230 e. The quantitative estimate of drug-likeness (QED) is 0.343. The number of nitrogens with one attached hydrogen (secondary N) is 1. The highest BCUT2D eigenvalue weighted by molar-refractivity contribution is 6.32. The van der Waals surface area contributed by atoms with Gasteiger partial charge in [-0.3, -0.25) is 9.59 Å². The lowest BCUT2D eigenvalue weighted by Crippen LogP contribution is -2.18. The Kier molecular flexibility index (Phi) is 5.63. The van der Waals surface area contributed by atoms with Gasteiger partial charge >= 0.3 is 0 Å². The maximum atomic E-state index is 13.3. The predicted octanol–water partition coefficient (Wildman–Crippen LogP) is 6.50. The summed E-state index contributed by atoms with van der Waals surface area (Å²) < 4.78 is 11.1. The zero-order chi connectivity index (χ0) is 23.2. The lowest BCUT2D eigenvalue weighted by Gasteiger charge is -2.08. The van der Waals surface area contributed by atoms with Crippen LogP contribution in [0.15, 0.2) is 58.5 Å². The Morgan fingerprint density at radius 3 is 2.53 bits per heavy atom. The number of hydrogen-bond donors (Lipinski definition) is 1. The minimum atomic E-state index is -0.364. The molecular formula is C26H26ClNO4. The van der Waals surface area contributed by atoms with E-state index >= 15 is 0 Å². The van der Waals surface area contributed by atoms with Crippen LogP contribution in [0.3, 0.4) is 0 Å². The summed E-state index contributed by atoms with van der Waals surface area (Å²) in [6, 6.07) is 12.1. The molecule has 0 radical (unpaired) electrons. The SMILES string of the molecule is COc1ccc(C(=O)c2oc3ccccc3c2NC(=O)C2C(C=C(C)C)C2(C)C)cc1Cl. The van der Waals surface area contributed by atoms with Crippen molar-refractivity contribution in [2.75, 3.05) is 12.4 Å². The van der Waals surface area contributed by atoms with Crippen molar-refractivity contribution >= 4 is 39.9 Å². The number of rotatable bonds is 6. The molecule has 166 valence electrons. The molecule has 0 spiro atoms. The molecule has 1 saturated carbocycles. The van der Waals surface area contributed by atoms with Crippen molar-refractivity contribution in [1.29, 1.82) is 0 Å². The highest BCUT2D eigenvalue weighted by Crippen LogP contribution is 2.59. The molecule has 1 amide bonds. The molecule has 32 heavy (non-hydrogen) atoms. The van der Waals surface area contributed by atoms with Crippen molar-refractivity contribution in [3.8, 4) is 5.75 Å². The Balaban J connectivity index is 1.71. The fourth-order valence-corrected chi connectivity index (χ4v) is 4.58. The van der Waals surface area contributed by atoms with Crippen LogP contribution in [0.4, 0.5) is 5.69 Å². The highest BCUT2D eigenvalue weighted by Gasteiger charge is 2.60. The monoisotopic (exact) mass is 451 g/mol. The summed E-state index contributed by atoms with van der Waals surface area (Å²) in [4.78, 5) is 26.6. The van der Waals surface area contributed by atoms with Gasteiger partial charge in [0.2, 0.25) is 11.7 Å². The number of methoxy groups -OCH3 is 1. The largest absolute Gasteiger partial charge is 0.495 e. The maximum Gasteiger partial charge on any atom is 0.230 e. The molecule has 1 aliphatic rings. The van der Waals surface area contributed by atoms with Crippen molar-refractivity contribution in [2.24, 2.45) is 17.3 Å². The standard InChI is InChI=1S/C26H26ClNO4/c1-14(2)12-17-21(26(17,3)4)25(30)28-22-16-8-6-7-9-19(16)32-24(22)23(29)15-10-11-20(31-5)18(27)13-15/h6-13,17,21H,1-5H3,(H,28,30). The summed E-state index contributed by atoms with van der Waals surface area (Å²) >= 11 is 6.22. The third-order valence-electron chi connectivity index (χ3n) is 6.17. The van der Waals surface area contributed by atoms with E-state index < -0.39 is 0 Å². The van der Waals surface area contributed by atoms with E-state index in [1.807, 2.05) is 32.0 Å². The van der Waals surface area contributed by atoms with Gasteiger partial charge in [0.05, 0.1) is 23.7 Å². The van der Waals surface area contributed by atoms with Crippen LogP contribution in [0.5, 0.6) is 5.75 Å². The van der Waals surface area contributed by atoms with Crippen molar-refractivity contribution < 1.29 is 18.7 Å². The van der Waals surface area contributed by atoms with E-state index in [9.17, 15) is 9.59 Å². The molecule has 4 rings (SSSR count). The van der Waals surface area contributed by atoms with Crippen molar-refractivity contribution in [3.63, 3.8) is 0 Å². The lowest BCUT2D eigenvalue weighted by atomic mass is 10.1. The summed E-state index contributed by atoms with van der Waals surface area (Å²) in [6.45, 7) is 8.23. The summed E-state index contributed by atoms with van der Waals surface area (Å²) in [5, 5.41) is 4.01. The molecule has 1 heterocycles. The number of furan rings is 1. The van der Waals surface area contributed by atoms with Crippen LogP contribution in [0.25, 0.3) is 11.0 Å². The van der Waals surface area contributed by atoms with E-state index in [1.165, 1.54) is 18.7 Å². The molecule has 1 aromatic heterocycles. The van der Waals surface area contributed by atoms with Crippen molar-refractivity contribution in [3.05, 3.63) is 70.5 Å². The van der Waals surface area contributed by atoms with Crippen LogP contribution in [0.2, 0.25) is 5.02 Å². The molecule has 6 heteroatoms. The Hall–Kier alpha value is -3.05. The van der Waals surface area contributed by atoms with Gasteiger partial charge in [-0.1, -0.05) is 49.2 Å². The normalized spacial score (nSPS) is 18.8. The number of hydrogen-bond acceptors (Lipinski definition) is 4. The van der Waals surface area contributed by atoms with E-state index in [-0.39, 0.29) is 34.7 Å². The van der Waals surface area contributed by atoms with Crippen LogP contribution in [-0.2, 0) is 4.79 Å². The average molecular weight is 452 g/mol. The number of fused-ring (bicyclic) bond motifs is 1. The minimum Gasteiger partial charge on any atom is -0.495 e. The number of halogens is 1.